The fourth-order valence-electron chi connectivity index (χ4n) is 2.79. The van der Waals surface area contributed by atoms with Gasteiger partial charge in [0.1, 0.15) is 0 Å². The Morgan fingerprint density at radius 1 is 0.727 bits per heavy atom. The molecule has 0 radical (unpaired) electrons. The summed E-state index contributed by atoms with van der Waals surface area (Å²) in [5.41, 5.74) is 0.976. The van der Waals surface area contributed by atoms with Crippen LogP contribution in [0.1, 0.15) is 47.0 Å². The summed E-state index contributed by atoms with van der Waals surface area (Å²) in [4.78, 5) is 0.220. The molecule has 1 aliphatic rings. The van der Waals surface area contributed by atoms with Crippen molar-refractivity contribution in [3.8, 4) is 0 Å². The van der Waals surface area contributed by atoms with Crippen molar-refractivity contribution in [2.45, 2.75) is 62.9 Å². The van der Waals surface area contributed by atoms with Gasteiger partial charge in [-0.3, -0.25) is 0 Å². The number of halogens is 5. The molecule has 0 saturated carbocycles. The van der Waals surface area contributed by atoms with Gasteiger partial charge in [-0.05, 0) is 34.1 Å². The van der Waals surface area contributed by atoms with E-state index in [4.69, 9.17) is 70.6 Å². The maximum Gasteiger partial charge on any atom is 0.0908 e. The first-order valence-electron chi connectivity index (χ1n) is 6.93. The lowest BCUT2D eigenvalue weighted by Crippen LogP contribution is -3.04. The van der Waals surface area contributed by atoms with E-state index in [0.717, 1.165) is 0 Å². The van der Waals surface area contributed by atoms with Crippen LogP contribution in [-0.4, -0.2) is 11.1 Å². The molecular formula is C15H20Cl5NS. The Hall–Kier alpha value is 0.850. The van der Waals surface area contributed by atoms with E-state index in [2.05, 4.69) is 33.0 Å². The van der Waals surface area contributed by atoms with E-state index in [-0.39, 0.29) is 30.0 Å². The van der Waals surface area contributed by atoms with Crippen molar-refractivity contribution < 1.29 is 5.32 Å². The third kappa shape index (κ3) is 5.44. The highest BCUT2D eigenvalue weighted by molar-refractivity contribution is 7.59. The molecule has 1 aliphatic heterocycles. The largest absolute Gasteiger partial charge is 0.777 e. The molecule has 0 aromatic heterocycles. The average Bonchev–Trinajstić information content (AvgIpc) is 2.39. The Morgan fingerprint density at radius 3 is 1.32 bits per heavy atom. The van der Waals surface area contributed by atoms with Gasteiger partial charge in [-0.25, -0.2) is 0 Å². The van der Waals surface area contributed by atoms with Gasteiger partial charge in [0.25, 0.3) is 0 Å². The van der Waals surface area contributed by atoms with Crippen LogP contribution < -0.4 is 5.32 Å². The van der Waals surface area contributed by atoms with Gasteiger partial charge in [0.05, 0.1) is 26.1 Å². The van der Waals surface area contributed by atoms with Gasteiger partial charge < -0.3 is 17.9 Å². The third-order valence-corrected chi connectivity index (χ3v) is 6.50. The van der Waals surface area contributed by atoms with Crippen LogP contribution in [0.25, 0.3) is 0 Å². The van der Waals surface area contributed by atoms with Gasteiger partial charge in [-0.15, -0.1) is 4.90 Å². The maximum atomic E-state index is 5.70. The molecule has 2 N–H and O–H groups in total. The third-order valence-electron chi connectivity index (χ3n) is 3.59. The quantitative estimate of drug-likeness (QED) is 0.301. The van der Waals surface area contributed by atoms with Crippen LogP contribution in [0.5, 0.6) is 0 Å². The summed E-state index contributed by atoms with van der Waals surface area (Å²) in [6.07, 6.45) is 4.14. The van der Waals surface area contributed by atoms with E-state index in [0.29, 0.717) is 11.1 Å². The minimum Gasteiger partial charge on any atom is -0.777 e. The molecule has 1 aromatic carbocycles. The van der Waals surface area contributed by atoms with Crippen LogP contribution in [0.3, 0.4) is 0 Å². The van der Waals surface area contributed by atoms with Crippen LogP contribution in [0.15, 0.2) is 4.90 Å². The van der Waals surface area contributed by atoms with Crippen molar-refractivity contribution >= 4 is 70.6 Å². The fourth-order valence-corrected chi connectivity index (χ4v) is 4.24. The molecule has 1 nitrogen and oxygen atoms in total. The molecule has 22 heavy (non-hydrogen) atoms. The number of piperidine rings is 1. The highest BCUT2D eigenvalue weighted by Crippen LogP contribution is 2.43. The summed E-state index contributed by atoms with van der Waals surface area (Å²) >= 11 is 33.3. The molecule has 1 saturated heterocycles. The van der Waals surface area contributed by atoms with Gasteiger partial charge in [-0.2, -0.15) is 0 Å². The van der Waals surface area contributed by atoms with E-state index in [1.165, 1.54) is 19.3 Å². The highest BCUT2D eigenvalue weighted by atomic mass is 35.5. The molecule has 0 atom stereocenters. The zero-order valence-electron chi connectivity index (χ0n) is 13.0. The molecule has 1 aromatic rings. The minimum atomic E-state index is 0.127. The molecule has 126 valence electrons. The molecule has 1 fully saturated rings. The van der Waals surface area contributed by atoms with Crippen molar-refractivity contribution in [2.75, 3.05) is 0 Å². The predicted molar refractivity (Wildman–Crippen MR) is 101 cm³/mol. The number of benzene rings is 1. The molecule has 2 rings (SSSR count). The van der Waals surface area contributed by atoms with E-state index in [9.17, 15) is 0 Å². The van der Waals surface area contributed by atoms with Gasteiger partial charge >= 0.3 is 0 Å². The summed E-state index contributed by atoms with van der Waals surface area (Å²) in [6.45, 7) is 9.36. The molecule has 0 amide bonds. The molecule has 1 heterocycles. The number of nitrogens with two attached hydrogens (primary N) is 1. The maximum absolute atomic E-state index is 5.70. The van der Waals surface area contributed by atoms with Crippen molar-refractivity contribution in [3.63, 3.8) is 0 Å². The second kappa shape index (κ2) is 7.82. The molecule has 7 heteroatoms. The van der Waals surface area contributed by atoms with Crippen LogP contribution >= 0.6 is 58.0 Å². The van der Waals surface area contributed by atoms with Gasteiger partial charge in [0.2, 0.25) is 0 Å². The fraction of sp³-hybridized carbons (Fsp3) is 0.600. The highest BCUT2D eigenvalue weighted by Gasteiger charge is 2.35. The van der Waals surface area contributed by atoms with Crippen molar-refractivity contribution in [1.29, 1.82) is 0 Å². The normalized spacial score (nSPS) is 19.3. The Bertz CT molecular complexity index is 438. The van der Waals surface area contributed by atoms with Gasteiger partial charge in [0, 0.05) is 22.9 Å². The summed E-state index contributed by atoms with van der Waals surface area (Å²) in [7, 11) is 0. The van der Waals surface area contributed by atoms with Crippen LogP contribution in [0, 0.1) is 0 Å². The first-order valence-corrected chi connectivity index (χ1v) is 9.23. The minimum absolute atomic E-state index is 0.127. The topological polar surface area (TPSA) is 16.6 Å². The summed E-state index contributed by atoms with van der Waals surface area (Å²) in [6, 6.07) is 0. The van der Waals surface area contributed by atoms with Crippen LogP contribution in [-0.2, 0) is 12.6 Å². The first kappa shape index (κ1) is 20.9. The zero-order valence-corrected chi connectivity index (χ0v) is 17.6. The monoisotopic (exact) mass is 421 g/mol. The first-order chi connectivity index (χ1) is 9.88. The SMILES string of the molecule is CC1(C)CCCC(C)(C)[NH2+]1.[S-]c1c(Cl)c(Cl)c(Cl)c(Cl)c1Cl. The zero-order chi connectivity index (χ0) is 17.3. The lowest BCUT2D eigenvalue weighted by atomic mass is 9.83. The molecule has 0 unspecified atom stereocenters. The Kier molecular flexibility index (Phi) is 7.43. The van der Waals surface area contributed by atoms with E-state index in [1.807, 2.05) is 0 Å². The Balaban J connectivity index is 0.000000224. The lowest BCUT2D eigenvalue weighted by Gasteiger charge is -2.38. The lowest BCUT2D eigenvalue weighted by molar-refractivity contribution is -0.787. The predicted octanol–water partition coefficient (Wildman–Crippen LogP) is 6.15. The van der Waals surface area contributed by atoms with Crippen molar-refractivity contribution in [1.82, 2.24) is 0 Å². The average molecular weight is 424 g/mol. The molecular weight excluding hydrogens is 404 g/mol. The second-order valence-corrected chi connectivity index (χ2v) is 9.17. The van der Waals surface area contributed by atoms with Crippen molar-refractivity contribution in [2.24, 2.45) is 0 Å². The van der Waals surface area contributed by atoms with Crippen LogP contribution in [0.4, 0.5) is 0 Å². The van der Waals surface area contributed by atoms with Gasteiger partial charge in [-0.1, -0.05) is 58.0 Å². The smallest absolute Gasteiger partial charge is 0.0908 e. The number of hydrogen-bond acceptors (Lipinski definition) is 1. The van der Waals surface area contributed by atoms with E-state index in [1.54, 1.807) is 0 Å². The van der Waals surface area contributed by atoms with E-state index >= 15 is 0 Å². The van der Waals surface area contributed by atoms with Crippen molar-refractivity contribution in [3.05, 3.63) is 25.1 Å². The summed E-state index contributed by atoms with van der Waals surface area (Å²) in [5, 5.41) is 3.23. The summed E-state index contributed by atoms with van der Waals surface area (Å²) in [5.74, 6) is 0. The number of hydrogen-bond donors (Lipinski definition) is 1. The number of quaternary nitrogens is 1. The summed E-state index contributed by atoms with van der Waals surface area (Å²) < 4.78 is 0. The molecule has 0 aliphatic carbocycles. The Morgan fingerprint density at radius 2 is 1.05 bits per heavy atom. The number of rotatable bonds is 0. The standard InChI is InChI=1S/C9H19N.C6HCl5S/c1-8(2)6-5-7-9(3,4)10-8;7-1-2(8)4(10)6(12)5(11)3(1)9/h10H,5-7H2,1-4H3;12H. The van der Waals surface area contributed by atoms with E-state index < -0.39 is 0 Å². The second-order valence-electron chi connectivity index (χ2n) is 6.87. The van der Waals surface area contributed by atoms with Gasteiger partial charge in [0.15, 0.2) is 0 Å². The molecule has 0 spiro atoms. The Labute approximate surface area is 163 Å². The molecule has 0 bridgehead atoms. The van der Waals surface area contributed by atoms with Crippen LogP contribution in [0.2, 0.25) is 25.1 Å².